The van der Waals surface area contributed by atoms with Crippen LogP contribution in [0.4, 0.5) is 0 Å². The first-order chi connectivity index (χ1) is 11.0. The van der Waals surface area contributed by atoms with Gasteiger partial charge in [-0.15, -0.1) is 0 Å². The number of carbonyl (C=O) groups excluding carboxylic acids is 1. The highest BCUT2D eigenvalue weighted by Crippen LogP contribution is 2.33. The number of amides is 1. The summed E-state index contributed by atoms with van der Waals surface area (Å²) >= 11 is 0. The highest BCUT2D eigenvalue weighted by molar-refractivity contribution is 5.95. The number of hydrogen-bond acceptors (Lipinski definition) is 4. The molecule has 1 amide bonds. The molecule has 6 heteroatoms. The van der Waals surface area contributed by atoms with Crippen LogP contribution < -0.4 is 5.32 Å². The minimum atomic E-state index is -1.02. The van der Waals surface area contributed by atoms with Gasteiger partial charge in [-0.05, 0) is 31.4 Å². The van der Waals surface area contributed by atoms with Crippen molar-refractivity contribution in [2.75, 3.05) is 0 Å². The molecule has 6 nitrogen and oxygen atoms in total. The minimum Gasteiger partial charge on any atom is -0.480 e. The van der Waals surface area contributed by atoms with Crippen LogP contribution in [0.2, 0.25) is 0 Å². The number of aryl methyl sites for hydroxylation is 1. The first-order valence-electron chi connectivity index (χ1n) is 7.61. The third-order valence-electron chi connectivity index (χ3n) is 3.89. The monoisotopic (exact) mass is 314 g/mol. The normalized spacial score (nSPS) is 15.2. The number of nitrogens with one attached hydrogen (secondary N) is 1. The van der Waals surface area contributed by atoms with Crippen LogP contribution in [0, 0.1) is 12.8 Å². The van der Waals surface area contributed by atoms with Gasteiger partial charge in [0, 0.05) is 5.56 Å². The third kappa shape index (κ3) is 3.59. The van der Waals surface area contributed by atoms with E-state index >= 15 is 0 Å². The van der Waals surface area contributed by atoms with E-state index in [-0.39, 0.29) is 5.76 Å². The molecule has 0 radical (unpaired) electrons. The second kappa shape index (κ2) is 6.24. The van der Waals surface area contributed by atoms with Crippen molar-refractivity contribution >= 4 is 11.9 Å². The summed E-state index contributed by atoms with van der Waals surface area (Å²) in [5, 5.41) is 11.8. The SMILES string of the molecule is Cc1nc(-c2ccccc2)oc1C(=O)NC(CC1CC1)C(=O)O. The van der Waals surface area contributed by atoms with Crippen molar-refractivity contribution in [3.63, 3.8) is 0 Å². The number of carboxylic acid groups (broad SMARTS) is 1. The molecule has 1 aromatic carbocycles. The molecule has 1 aromatic heterocycles. The van der Waals surface area contributed by atoms with Gasteiger partial charge in [0.1, 0.15) is 6.04 Å². The van der Waals surface area contributed by atoms with E-state index in [4.69, 9.17) is 4.42 Å². The molecule has 2 N–H and O–H groups in total. The summed E-state index contributed by atoms with van der Waals surface area (Å²) in [6.07, 6.45) is 2.51. The van der Waals surface area contributed by atoms with Crippen molar-refractivity contribution < 1.29 is 19.1 Å². The van der Waals surface area contributed by atoms with Crippen LogP contribution in [-0.4, -0.2) is 28.0 Å². The Morgan fingerprint density at radius 2 is 2.04 bits per heavy atom. The maximum Gasteiger partial charge on any atom is 0.326 e. The molecule has 1 unspecified atom stereocenters. The van der Waals surface area contributed by atoms with Crippen LogP contribution in [0.1, 0.15) is 35.5 Å². The summed E-state index contributed by atoms with van der Waals surface area (Å²) < 4.78 is 5.55. The predicted octanol–water partition coefficient (Wildman–Crippen LogP) is 2.63. The maximum atomic E-state index is 12.3. The molecule has 3 rings (SSSR count). The number of hydrogen-bond donors (Lipinski definition) is 2. The van der Waals surface area contributed by atoms with Gasteiger partial charge in [-0.25, -0.2) is 9.78 Å². The number of oxazole rings is 1. The molecule has 1 fully saturated rings. The largest absolute Gasteiger partial charge is 0.480 e. The van der Waals surface area contributed by atoms with Gasteiger partial charge in [0.25, 0.3) is 5.91 Å². The highest BCUT2D eigenvalue weighted by atomic mass is 16.4. The van der Waals surface area contributed by atoms with Crippen molar-refractivity contribution in [2.24, 2.45) is 5.92 Å². The molecule has 1 saturated carbocycles. The van der Waals surface area contributed by atoms with Crippen molar-refractivity contribution in [1.29, 1.82) is 0 Å². The van der Waals surface area contributed by atoms with Crippen molar-refractivity contribution in [1.82, 2.24) is 10.3 Å². The number of aliphatic carboxylic acids is 1. The zero-order chi connectivity index (χ0) is 16.4. The van der Waals surface area contributed by atoms with Gasteiger partial charge >= 0.3 is 5.97 Å². The Morgan fingerprint density at radius 1 is 1.35 bits per heavy atom. The molecule has 2 aromatic rings. The predicted molar refractivity (Wildman–Crippen MR) is 82.9 cm³/mol. The lowest BCUT2D eigenvalue weighted by Crippen LogP contribution is -2.41. The molecule has 120 valence electrons. The van der Waals surface area contributed by atoms with Crippen molar-refractivity contribution in [3.05, 3.63) is 41.8 Å². The van der Waals surface area contributed by atoms with Crippen LogP contribution in [0.5, 0.6) is 0 Å². The van der Waals surface area contributed by atoms with Gasteiger partial charge in [0.2, 0.25) is 11.7 Å². The number of carboxylic acids is 1. The first-order valence-corrected chi connectivity index (χ1v) is 7.61. The summed E-state index contributed by atoms with van der Waals surface area (Å²) in [5.74, 6) is -0.753. The summed E-state index contributed by atoms with van der Waals surface area (Å²) in [7, 11) is 0. The smallest absolute Gasteiger partial charge is 0.326 e. The fraction of sp³-hybridized carbons (Fsp3) is 0.353. The van der Waals surface area contributed by atoms with E-state index in [1.807, 2.05) is 30.3 Å². The summed E-state index contributed by atoms with van der Waals surface area (Å²) in [5.41, 5.74) is 1.21. The second-order valence-electron chi connectivity index (χ2n) is 5.84. The number of benzene rings is 1. The zero-order valence-electron chi connectivity index (χ0n) is 12.8. The Labute approximate surface area is 133 Å². The Balaban J connectivity index is 1.76. The molecular weight excluding hydrogens is 296 g/mol. The molecule has 0 bridgehead atoms. The van der Waals surface area contributed by atoms with Crippen LogP contribution in [-0.2, 0) is 4.79 Å². The Hall–Kier alpha value is -2.63. The van der Waals surface area contributed by atoms with E-state index in [0.717, 1.165) is 18.4 Å². The van der Waals surface area contributed by atoms with E-state index in [9.17, 15) is 14.7 Å². The van der Waals surface area contributed by atoms with Crippen molar-refractivity contribution in [3.8, 4) is 11.5 Å². The quantitative estimate of drug-likeness (QED) is 0.855. The number of carbonyl (C=O) groups is 2. The molecular formula is C17H18N2O4. The fourth-order valence-electron chi connectivity index (χ4n) is 2.44. The van der Waals surface area contributed by atoms with Crippen LogP contribution >= 0.6 is 0 Å². The van der Waals surface area contributed by atoms with Crippen molar-refractivity contribution in [2.45, 2.75) is 32.2 Å². The average molecular weight is 314 g/mol. The Bertz CT molecular complexity index is 719. The lowest BCUT2D eigenvalue weighted by molar-refractivity contribution is -0.139. The van der Waals surface area contributed by atoms with E-state index in [1.165, 1.54) is 0 Å². The minimum absolute atomic E-state index is 0.0610. The molecule has 1 atom stereocenters. The molecule has 0 aliphatic heterocycles. The number of aromatic nitrogens is 1. The average Bonchev–Trinajstić information content (AvgIpc) is 3.27. The number of nitrogens with zero attached hydrogens (tertiary/aromatic N) is 1. The van der Waals surface area contributed by atoms with Gasteiger partial charge in [-0.2, -0.15) is 0 Å². The van der Waals surface area contributed by atoms with Gasteiger partial charge in [-0.3, -0.25) is 4.79 Å². The standard InChI is InChI=1S/C17H18N2O4/c1-10-14(23-16(18-10)12-5-3-2-4-6-12)15(20)19-13(17(21)22)9-11-7-8-11/h2-6,11,13H,7-9H2,1H3,(H,19,20)(H,21,22). The second-order valence-corrected chi connectivity index (χ2v) is 5.84. The molecule has 0 saturated heterocycles. The molecule has 1 aliphatic rings. The summed E-state index contributed by atoms with van der Waals surface area (Å²) in [6, 6.07) is 8.36. The van der Waals surface area contributed by atoms with Crippen LogP contribution in [0.3, 0.4) is 0 Å². The van der Waals surface area contributed by atoms with Gasteiger partial charge in [-0.1, -0.05) is 31.0 Å². The fourth-order valence-corrected chi connectivity index (χ4v) is 2.44. The van der Waals surface area contributed by atoms with E-state index < -0.39 is 17.9 Å². The third-order valence-corrected chi connectivity index (χ3v) is 3.89. The van der Waals surface area contributed by atoms with Gasteiger partial charge < -0.3 is 14.8 Å². The molecule has 23 heavy (non-hydrogen) atoms. The zero-order valence-corrected chi connectivity index (χ0v) is 12.8. The Morgan fingerprint density at radius 3 is 2.65 bits per heavy atom. The topological polar surface area (TPSA) is 92.4 Å². The van der Waals surface area contributed by atoms with E-state index in [0.29, 0.717) is 23.9 Å². The Kier molecular flexibility index (Phi) is 4.14. The van der Waals surface area contributed by atoms with Crippen LogP contribution in [0.15, 0.2) is 34.7 Å². The lowest BCUT2D eigenvalue weighted by atomic mass is 10.1. The van der Waals surface area contributed by atoms with Gasteiger partial charge in [0.05, 0.1) is 5.69 Å². The lowest BCUT2D eigenvalue weighted by Gasteiger charge is -2.12. The summed E-state index contributed by atoms with van der Waals surface area (Å²) in [6.45, 7) is 1.67. The highest BCUT2D eigenvalue weighted by Gasteiger charge is 2.31. The number of rotatable bonds is 6. The van der Waals surface area contributed by atoms with E-state index in [2.05, 4.69) is 10.3 Å². The molecule has 1 aliphatic carbocycles. The van der Waals surface area contributed by atoms with E-state index in [1.54, 1.807) is 6.92 Å². The summed E-state index contributed by atoms with van der Waals surface area (Å²) in [4.78, 5) is 27.9. The first kappa shape index (κ1) is 15.3. The molecule has 0 spiro atoms. The molecule has 1 heterocycles. The maximum absolute atomic E-state index is 12.3. The van der Waals surface area contributed by atoms with Gasteiger partial charge in [0.15, 0.2) is 0 Å². The van der Waals surface area contributed by atoms with Crippen LogP contribution in [0.25, 0.3) is 11.5 Å².